The summed E-state index contributed by atoms with van der Waals surface area (Å²) in [5.41, 5.74) is 2.28. The Bertz CT molecular complexity index is 2260. The van der Waals surface area contributed by atoms with Crippen LogP contribution in [0.2, 0.25) is 0 Å². The lowest BCUT2D eigenvalue weighted by Crippen LogP contribution is -2.65. The molecule has 0 saturated carbocycles. The predicted octanol–water partition coefficient (Wildman–Crippen LogP) is 6.66. The SMILES string of the molecule is C=CCO[C@@]1(O)C[C@]2(CCC3CC(=C)C(CCC4C[C@@H](C)C(=C)C(CC)O4)O3)O[C@@H]3[C@H](I)[C@@H](O[C@H]4CCC(CC(=O)O[C@H]5CO[C@H]6C[C@H]7OC(C[C@@H]8O[C@@]9(CC[C@@H]8O)C[C@H](C)[C@@H]8O[C@H](CC[C@@H](O)CO)C[C@@H]8O9)CC7OC6C5)O[C@H]34)[C@H]1O2. The molecule has 12 heterocycles. The molecule has 0 aromatic rings. The summed E-state index contributed by atoms with van der Waals surface area (Å²) in [5, 5.41) is 42.7. The Morgan fingerprint density at radius 3 is 2.38 bits per heavy atom. The quantitative estimate of drug-likeness (QED) is 0.0349. The molecule has 0 aliphatic carbocycles. The van der Waals surface area contributed by atoms with Crippen molar-refractivity contribution in [3.05, 3.63) is 37.0 Å². The van der Waals surface area contributed by atoms with E-state index in [0.717, 1.165) is 37.7 Å². The van der Waals surface area contributed by atoms with Gasteiger partial charge in [-0.2, -0.15) is 0 Å². The van der Waals surface area contributed by atoms with Gasteiger partial charge in [0.25, 0.3) is 0 Å². The van der Waals surface area contributed by atoms with E-state index in [4.69, 9.17) is 66.3 Å². The minimum absolute atomic E-state index is 0.0493. The molecule has 0 radical (unpaired) electrons. The number of halogens is 1. The highest BCUT2D eigenvalue weighted by Crippen LogP contribution is 2.55. The molecule has 28 atom stereocenters. The fourth-order valence-electron chi connectivity index (χ4n) is 16.3. The molecule has 12 saturated heterocycles. The summed E-state index contributed by atoms with van der Waals surface area (Å²) in [4.78, 5) is 13.8. The largest absolute Gasteiger partial charge is 0.460 e. The highest BCUT2D eigenvalue weighted by molar-refractivity contribution is 14.1. The van der Waals surface area contributed by atoms with Crippen molar-refractivity contribution in [1.29, 1.82) is 0 Å². The minimum atomic E-state index is -1.68. The summed E-state index contributed by atoms with van der Waals surface area (Å²) < 4.78 is 92.4. The molecule has 12 rings (SSSR count). The van der Waals surface area contributed by atoms with Crippen molar-refractivity contribution in [2.24, 2.45) is 11.8 Å². The first-order chi connectivity index (χ1) is 39.4. The van der Waals surface area contributed by atoms with Crippen molar-refractivity contribution in [3.63, 3.8) is 0 Å². The lowest BCUT2D eigenvalue weighted by molar-refractivity contribution is -0.346. The van der Waals surface area contributed by atoms with Crippen LogP contribution >= 0.6 is 22.6 Å². The third-order valence-electron chi connectivity index (χ3n) is 20.6. The number of ether oxygens (including phenoxy) is 14. The summed E-state index contributed by atoms with van der Waals surface area (Å²) in [6.07, 6.45) is 7.83. The number of esters is 1. The Morgan fingerprint density at radius 2 is 1.56 bits per heavy atom. The second-order valence-corrected chi connectivity index (χ2v) is 28.1. The maximum atomic E-state index is 13.8. The average Bonchev–Trinajstić information content (AvgIpc) is 4.33. The number of alkyl halides is 1. The number of rotatable bonds is 19. The fourth-order valence-corrected chi connectivity index (χ4v) is 17.4. The molecular weight excluding hydrogens is 1180 g/mol. The Morgan fingerprint density at radius 1 is 0.780 bits per heavy atom. The molecule has 462 valence electrons. The predicted molar refractivity (Wildman–Crippen MR) is 302 cm³/mol. The number of hydrogen-bond acceptors (Lipinski definition) is 19. The Labute approximate surface area is 497 Å². The van der Waals surface area contributed by atoms with Crippen molar-refractivity contribution in [3.8, 4) is 0 Å². The van der Waals surface area contributed by atoms with E-state index >= 15 is 0 Å². The number of aliphatic hydroxyl groups excluding tert-OH is 3. The fraction of sp³-hybridized carbons (Fsp3) is 0.887. The van der Waals surface area contributed by atoms with E-state index in [2.05, 4.69) is 63.1 Å². The normalized spacial score (nSPS) is 50.0. The van der Waals surface area contributed by atoms with Crippen LogP contribution < -0.4 is 0 Å². The van der Waals surface area contributed by atoms with Gasteiger partial charge in [0, 0.05) is 51.4 Å². The van der Waals surface area contributed by atoms with Gasteiger partial charge in [-0.1, -0.05) is 62.6 Å². The first-order valence-corrected chi connectivity index (χ1v) is 32.7. The standard InChI is InChI=1S/C62H93IO19/c1-7-19-70-62(68)31-61(17-15-40-21-33(4)45(72-40)13-11-37-20-32(3)35(6)44(8-2)71-37)81-57-54(63)58(59(62)82-61)78-46-14-12-39(76-56(46)57)26-53(67)74-42-25-49-48(69-30-42)27-51-50(77-49)24-41(73-51)23-47-43(66)16-18-60(79-47)28-34(5)55-52(80-60)22-38(75-55)10-9-36(65)29-64/h7,32,34,36-52,54-59,64-66,68H,1,4,6,8-31H2,2-3,5H3/t32-,34+,36-,37?,38-,39?,40?,41?,42-,43+,44?,45?,46+,47+,48+,49?,50?,51-,52+,54+,55+,56+,57-,58-,59-,60-,61-,62+/m1/s1. The van der Waals surface area contributed by atoms with Crippen LogP contribution in [-0.4, -0.2) is 202 Å². The van der Waals surface area contributed by atoms with Crippen LogP contribution in [0.4, 0.5) is 0 Å². The first-order valence-electron chi connectivity index (χ1n) is 31.5. The molecule has 82 heavy (non-hydrogen) atoms. The van der Waals surface area contributed by atoms with Crippen LogP contribution in [0, 0.1) is 11.8 Å². The molecule has 20 heteroatoms. The molecule has 4 N–H and O–H groups in total. The van der Waals surface area contributed by atoms with Crippen LogP contribution in [0.15, 0.2) is 37.0 Å². The van der Waals surface area contributed by atoms with E-state index in [-0.39, 0.29) is 128 Å². The van der Waals surface area contributed by atoms with Gasteiger partial charge in [0.15, 0.2) is 11.6 Å². The molecule has 0 aromatic heterocycles. The van der Waals surface area contributed by atoms with Crippen LogP contribution in [0.3, 0.4) is 0 Å². The number of carbonyl (C=O) groups excluding carboxylic acids is 1. The van der Waals surface area contributed by atoms with Crippen molar-refractivity contribution < 1.29 is 91.5 Å². The van der Waals surface area contributed by atoms with Gasteiger partial charge in [0.1, 0.15) is 30.5 Å². The smallest absolute Gasteiger partial charge is 0.308 e. The van der Waals surface area contributed by atoms with Gasteiger partial charge in [-0.3, -0.25) is 4.79 Å². The zero-order valence-electron chi connectivity index (χ0n) is 48.4. The number of carbonyl (C=O) groups is 1. The molecule has 12 aliphatic rings. The summed E-state index contributed by atoms with van der Waals surface area (Å²) in [7, 11) is 0. The van der Waals surface area contributed by atoms with Gasteiger partial charge >= 0.3 is 5.97 Å². The van der Waals surface area contributed by atoms with Crippen LogP contribution in [-0.2, 0) is 71.1 Å². The third kappa shape index (κ3) is 12.8. The second-order valence-electron chi connectivity index (χ2n) is 26.7. The summed E-state index contributed by atoms with van der Waals surface area (Å²) in [6.45, 7) is 19.3. The van der Waals surface area contributed by atoms with E-state index in [9.17, 15) is 25.2 Å². The van der Waals surface area contributed by atoms with E-state index < -0.39 is 72.3 Å². The van der Waals surface area contributed by atoms with E-state index in [1.807, 2.05) is 0 Å². The lowest BCUT2D eigenvalue weighted by Gasteiger charge is -2.50. The van der Waals surface area contributed by atoms with Gasteiger partial charge in [-0.25, -0.2) is 0 Å². The number of aliphatic hydroxyl groups is 4. The van der Waals surface area contributed by atoms with Crippen molar-refractivity contribution in [2.75, 3.05) is 19.8 Å². The number of fused-ring (bicyclic) bond motifs is 10. The third-order valence-corrected chi connectivity index (χ3v) is 22.0. The van der Waals surface area contributed by atoms with E-state index in [1.165, 1.54) is 5.57 Å². The molecular formula is C62H93IO19. The molecule has 19 nitrogen and oxygen atoms in total. The highest BCUT2D eigenvalue weighted by atomic mass is 127. The Hall–Kier alpha value is -1.26. The molecule has 1 spiro atoms. The molecule has 0 aromatic carbocycles. The van der Waals surface area contributed by atoms with Crippen LogP contribution in [0.5, 0.6) is 0 Å². The molecule has 0 amide bonds. The van der Waals surface area contributed by atoms with Crippen molar-refractivity contribution >= 4 is 28.6 Å². The van der Waals surface area contributed by atoms with E-state index in [1.54, 1.807) is 6.08 Å². The first kappa shape index (κ1) is 61.0. The molecule has 8 unspecified atom stereocenters. The van der Waals surface area contributed by atoms with Gasteiger partial charge < -0.3 is 86.7 Å². The highest BCUT2D eigenvalue weighted by Gasteiger charge is 2.68. The summed E-state index contributed by atoms with van der Waals surface area (Å²) in [5.74, 6) is -3.45. The lowest BCUT2D eigenvalue weighted by atomic mass is 9.83. The maximum Gasteiger partial charge on any atom is 0.308 e. The zero-order valence-corrected chi connectivity index (χ0v) is 50.6. The Balaban J connectivity index is 0.617. The molecule has 12 fully saturated rings. The zero-order chi connectivity index (χ0) is 57.2. The topological polar surface area (TPSA) is 227 Å². The monoisotopic (exact) mass is 1270 g/mol. The second kappa shape index (κ2) is 25.3. The maximum absolute atomic E-state index is 13.8. The van der Waals surface area contributed by atoms with Gasteiger partial charge in [-0.15, -0.1) is 6.58 Å². The number of hydrogen-bond donors (Lipinski definition) is 4. The minimum Gasteiger partial charge on any atom is -0.460 e. The Kier molecular flexibility index (Phi) is 18.8. The van der Waals surface area contributed by atoms with Gasteiger partial charge in [0.05, 0.1) is 140 Å². The molecule has 4 bridgehead atoms. The summed E-state index contributed by atoms with van der Waals surface area (Å²) >= 11 is 2.35. The average molecular weight is 1270 g/mol. The van der Waals surface area contributed by atoms with E-state index in [0.29, 0.717) is 95.8 Å². The van der Waals surface area contributed by atoms with Crippen LogP contribution in [0.1, 0.15) is 156 Å². The van der Waals surface area contributed by atoms with Gasteiger partial charge in [0.2, 0.25) is 5.79 Å². The van der Waals surface area contributed by atoms with Crippen molar-refractivity contribution in [1.82, 2.24) is 0 Å². The van der Waals surface area contributed by atoms with Crippen molar-refractivity contribution in [2.45, 2.75) is 311 Å². The molecule has 12 aliphatic heterocycles. The van der Waals surface area contributed by atoms with Crippen LogP contribution in [0.25, 0.3) is 0 Å². The van der Waals surface area contributed by atoms with Gasteiger partial charge in [-0.05, 0) is 93.6 Å². The summed E-state index contributed by atoms with van der Waals surface area (Å²) in [6, 6.07) is 0.